The molecule has 2 heterocycles. The molecule has 0 unspecified atom stereocenters. The van der Waals surface area contributed by atoms with Crippen molar-refractivity contribution in [3.8, 4) is 5.75 Å². The third kappa shape index (κ3) is 3.13. The summed E-state index contributed by atoms with van der Waals surface area (Å²) in [4.78, 5) is 16.0. The maximum absolute atomic E-state index is 11.9. The second-order valence-electron chi connectivity index (χ2n) is 5.06. The van der Waals surface area contributed by atoms with Crippen LogP contribution in [0.3, 0.4) is 0 Å². The van der Waals surface area contributed by atoms with Gasteiger partial charge < -0.3 is 10.1 Å². The Morgan fingerprint density at radius 3 is 3.00 bits per heavy atom. The monoisotopic (exact) mass is 283 g/mol. The molecule has 0 fully saturated rings. The first kappa shape index (κ1) is 13.4. The molecule has 2 aromatic rings. The summed E-state index contributed by atoms with van der Waals surface area (Å²) in [5.41, 5.74) is 2.11. The molecule has 2 N–H and O–H groups in total. The smallest absolute Gasteiger partial charge is 0.320 e. The molecule has 1 aromatic carbocycles. The number of nitrogens with one attached hydrogen (secondary N) is 2. The van der Waals surface area contributed by atoms with Crippen LogP contribution in [0, 0.1) is 6.92 Å². The van der Waals surface area contributed by atoms with Gasteiger partial charge in [0.25, 0.3) is 0 Å². The summed E-state index contributed by atoms with van der Waals surface area (Å²) in [5, 5.41) is 5.56. The fraction of sp³-hybridized carbons (Fsp3) is 0.250. The molecule has 1 atom stereocenters. The summed E-state index contributed by atoms with van der Waals surface area (Å²) >= 11 is 0. The van der Waals surface area contributed by atoms with Gasteiger partial charge in [0, 0.05) is 12.6 Å². The number of benzene rings is 1. The van der Waals surface area contributed by atoms with E-state index in [4.69, 9.17) is 4.74 Å². The van der Waals surface area contributed by atoms with Gasteiger partial charge in [-0.2, -0.15) is 0 Å². The van der Waals surface area contributed by atoms with Crippen LogP contribution in [-0.4, -0.2) is 23.7 Å². The first-order chi connectivity index (χ1) is 10.2. The van der Waals surface area contributed by atoms with Gasteiger partial charge in [-0.25, -0.2) is 9.78 Å². The molecule has 2 amide bonds. The SMILES string of the molecule is Cc1cccnc1NC(=O)NC[C@@H]1Cc2ccccc2O1. The molecule has 3 rings (SSSR count). The maximum atomic E-state index is 11.9. The number of nitrogens with zero attached hydrogens (tertiary/aromatic N) is 1. The van der Waals surface area contributed by atoms with Crippen molar-refractivity contribution in [1.82, 2.24) is 10.3 Å². The molecule has 21 heavy (non-hydrogen) atoms. The Kier molecular flexibility index (Phi) is 3.73. The minimum absolute atomic E-state index is 0.0158. The summed E-state index contributed by atoms with van der Waals surface area (Å²) in [5.74, 6) is 1.48. The normalized spacial score (nSPS) is 16.0. The zero-order chi connectivity index (χ0) is 14.7. The lowest BCUT2D eigenvalue weighted by Crippen LogP contribution is -2.37. The van der Waals surface area contributed by atoms with Crippen molar-refractivity contribution in [2.45, 2.75) is 19.4 Å². The van der Waals surface area contributed by atoms with Crippen molar-refractivity contribution >= 4 is 11.8 Å². The Balaban J connectivity index is 1.50. The number of para-hydroxylation sites is 1. The lowest BCUT2D eigenvalue weighted by Gasteiger charge is -2.13. The molecule has 0 aliphatic carbocycles. The van der Waals surface area contributed by atoms with Crippen molar-refractivity contribution in [1.29, 1.82) is 0 Å². The summed E-state index contributed by atoms with van der Waals surface area (Å²) < 4.78 is 5.77. The van der Waals surface area contributed by atoms with Crippen LogP contribution in [-0.2, 0) is 6.42 Å². The first-order valence-corrected chi connectivity index (χ1v) is 6.93. The van der Waals surface area contributed by atoms with Gasteiger partial charge in [-0.3, -0.25) is 5.32 Å². The van der Waals surface area contributed by atoms with E-state index in [0.717, 1.165) is 17.7 Å². The molecule has 108 valence electrons. The molecular weight excluding hydrogens is 266 g/mol. The van der Waals surface area contributed by atoms with Gasteiger partial charge in [0.05, 0.1) is 6.54 Å². The maximum Gasteiger partial charge on any atom is 0.320 e. The standard InChI is InChI=1S/C16H17N3O2/c1-11-5-4-8-17-15(11)19-16(20)18-10-13-9-12-6-2-3-7-14(12)21-13/h2-8,13H,9-10H2,1H3,(H2,17,18,19,20)/t13-/m0/s1. The van der Waals surface area contributed by atoms with Crippen LogP contribution in [0.15, 0.2) is 42.6 Å². The number of amides is 2. The lowest BCUT2D eigenvalue weighted by molar-refractivity contribution is 0.219. The van der Waals surface area contributed by atoms with E-state index < -0.39 is 0 Å². The fourth-order valence-electron chi connectivity index (χ4n) is 2.34. The highest BCUT2D eigenvalue weighted by molar-refractivity contribution is 5.88. The molecule has 1 aliphatic rings. The van der Waals surface area contributed by atoms with Crippen molar-refractivity contribution in [3.63, 3.8) is 0 Å². The number of pyridine rings is 1. The molecule has 5 heteroatoms. The van der Waals surface area contributed by atoms with Crippen LogP contribution in [0.4, 0.5) is 10.6 Å². The minimum Gasteiger partial charge on any atom is -0.488 e. The molecule has 0 radical (unpaired) electrons. The molecule has 1 aromatic heterocycles. The van der Waals surface area contributed by atoms with E-state index in [0.29, 0.717) is 12.4 Å². The number of aryl methyl sites for hydroxylation is 1. The van der Waals surface area contributed by atoms with Gasteiger partial charge in [0.1, 0.15) is 17.7 Å². The number of ether oxygens (including phenoxy) is 1. The molecule has 0 saturated heterocycles. The van der Waals surface area contributed by atoms with Crippen LogP contribution in [0.5, 0.6) is 5.75 Å². The number of carbonyl (C=O) groups is 1. The number of anilines is 1. The predicted octanol–water partition coefficient (Wildman–Crippen LogP) is 2.52. The van der Waals surface area contributed by atoms with Gasteiger partial charge >= 0.3 is 6.03 Å². The molecule has 0 spiro atoms. The Labute approximate surface area is 123 Å². The van der Waals surface area contributed by atoms with Crippen LogP contribution in [0.25, 0.3) is 0 Å². The van der Waals surface area contributed by atoms with Crippen molar-refractivity contribution in [2.75, 3.05) is 11.9 Å². The van der Waals surface area contributed by atoms with Crippen LogP contribution < -0.4 is 15.4 Å². The Bertz CT molecular complexity index is 632. The lowest BCUT2D eigenvalue weighted by atomic mass is 10.1. The fourth-order valence-corrected chi connectivity index (χ4v) is 2.34. The van der Waals surface area contributed by atoms with E-state index in [9.17, 15) is 4.79 Å². The van der Waals surface area contributed by atoms with Crippen LogP contribution in [0.1, 0.15) is 11.1 Å². The highest BCUT2D eigenvalue weighted by Gasteiger charge is 2.22. The Morgan fingerprint density at radius 2 is 2.19 bits per heavy atom. The molecular formula is C16H17N3O2. The van der Waals surface area contributed by atoms with Gasteiger partial charge in [0.15, 0.2) is 0 Å². The van der Waals surface area contributed by atoms with E-state index in [1.54, 1.807) is 6.20 Å². The topological polar surface area (TPSA) is 63.2 Å². The number of fused-ring (bicyclic) bond motifs is 1. The third-order valence-electron chi connectivity index (χ3n) is 3.45. The Hall–Kier alpha value is -2.56. The van der Waals surface area contributed by atoms with Gasteiger partial charge in [0.2, 0.25) is 0 Å². The molecule has 5 nitrogen and oxygen atoms in total. The van der Waals surface area contributed by atoms with Crippen LogP contribution in [0.2, 0.25) is 0 Å². The first-order valence-electron chi connectivity index (χ1n) is 6.93. The summed E-state index contributed by atoms with van der Waals surface area (Å²) in [6, 6.07) is 11.4. The number of hydrogen-bond donors (Lipinski definition) is 2. The largest absolute Gasteiger partial charge is 0.488 e. The minimum atomic E-state index is -0.267. The van der Waals surface area contributed by atoms with Gasteiger partial charge in [-0.15, -0.1) is 0 Å². The highest BCUT2D eigenvalue weighted by atomic mass is 16.5. The number of carbonyl (C=O) groups excluding carboxylic acids is 1. The molecule has 1 aliphatic heterocycles. The average Bonchev–Trinajstić information content (AvgIpc) is 2.90. The average molecular weight is 283 g/mol. The summed E-state index contributed by atoms with van der Waals surface area (Å²) in [7, 11) is 0. The van der Waals surface area contributed by atoms with E-state index in [1.165, 1.54) is 5.56 Å². The van der Waals surface area contributed by atoms with E-state index in [2.05, 4.69) is 15.6 Å². The third-order valence-corrected chi connectivity index (χ3v) is 3.45. The number of hydrogen-bond acceptors (Lipinski definition) is 3. The van der Waals surface area contributed by atoms with Crippen molar-refractivity contribution in [3.05, 3.63) is 53.7 Å². The highest BCUT2D eigenvalue weighted by Crippen LogP contribution is 2.27. The van der Waals surface area contributed by atoms with Crippen LogP contribution >= 0.6 is 0 Å². The van der Waals surface area contributed by atoms with Crippen molar-refractivity contribution in [2.24, 2.45) is 0 Å². The molecule has 0 bridgehead atoms. The number of urea groups is 1. The van der Waals surface area contributed by atoms with E-state index in [-0.39, 0.29) is 12.1 Å². The number of rotatable bonds is 3. The number of aromatic nitrogens is 1. The van der Waals surface area contributed by atoms with E-state index in [1.807, 2.05) is 43.3 Å². The van der Waals surface area contributed by atoms with Gasteiger partial charge in [-0.05, 0) is 30.2 Å². The second-order valence-corrected chi connectivity index (χ2v) is 5.06. The Morgan fingerprint density at radius 1 is 1.33 bits per heavy atom. The summed E-state index contributed by atoms with van der Waals surface area (Å²) in [6.45, 7) is 2.37. The van der Waals surface area contributed by atoms with E-state index >= 15 is 0 Å². The second kappa shape index (κ2) is 5.83. The zero-order valence-electron chi connectivity index (χ0n) is 11.8. The zero-order valence-corrected chi connectivity index (χ0v) is 11.8. The summed E-state index contributed by atoms with van der Waals surface area (Å²) in [6.07, 6.45) is 2.45. The van der Waals surface area contributed by atoms with Gasteiger partial charge in [-0.1, -0.05) is 24.3 Å². The predicted molar refractivity (Wildman–Crippen MR) is 80.6 cm³/mol. The quantitative estimate of drug-likeness (QED) is 0.909. The van der Waals surface area contributed by atoms with Crippen molar-refractivity contribution < 1.29 is 9.53 Å². The molecule has 0 saturated carbocycles.